The predicted molar refractivity (Wildman–Crippen MR) is 122 cm³/mol. The third kappa shape index (κ3) is 5.41. The van der Waals surface area contributed by atoms with Crippen LogP contribution in [0.1, 0.15) is 28.8 Å². The number of methoxy groups -OCH3 is 1. The second-order valence-corrected chi connectivity index (χ2v) is 8.06. The smallest absolute Gasteiger partial charge is 0.253 e. The maximum Gasteiger partial charge on any atom is 0.253 e. The van der Waals surface area contributed by atoms with Gasteiger partial charge in [0.25, 0.3) is 5.91 Å². The van der Waals surface area contributed by atoms with E-state index in [0.29, 0.717) is 17.8 Å². The van der Waals surface area contributed by atoms with Gasteiger partial charge in [0.05, 0.1) is 24.9 Å². The Morgan fingerprint density at radius 2 is 1.77 bits per heavy atom. The Morgan fingerprint density at radius 3 is 2.55 bits per heavy atom. The highest BCUT2D eigenvalue weighted by Crippen LogP contribution is 2.23. The third-order valence-corrected chi connectivity index (χ3v) is 5.34. The molecular weight excluding hydrogens is 390 g/mol. The van der Waals surface area contributed by atoms with Crippen LogP contribution in [0.15, 0.2) is 60.7 Å². The van der Waals surface area contributed by atoms with E-state index in [1.807, 2.05) is 36.2 Å². The summed E-state index contributed by atoms with van der Waals surface area (Å²) < 4.78 is 5.28. The minimum atomic E-state index is -0.153. The zero-order valence-corrected chi connectivity index (χ0v) is 17.9. The summed E-state index contributed by atoms with van der Waals surface area (Å²) >= 11 is 0. The normalized spacial score (nSPS) is 13.3. The fourth-order valence-corrected chi connectivity index (χ4v) is 3.58. The van der Waals surface area contributed by atoms with Gasteiger partial charge in [-0.05, 0) is 66.6 Å². The molecule has 0 spiro atoms. The molecule has 4 rings (SSSR count). The van der Waals surface area contributed by atoms with E-state index >= 15 is 0 Å². The van der Waals surface area contributed by atoms with E-state index in [-0.39, 0.29) is 24.4 Å². The quantitative estimate of drug-likeness (QED) is 0.585. The van der Waals surface area contributed by atoms with Crippen molar-refractivity contribution in [3.05, 3.63) is 71.8 Å². The van der Waals surface area contributed by atoms with Crippen molar-refractivity contribution >= 4 is 28.3 Å². The highest BCUT2D eigenvalue weighted by molar-refractivity contribution is 6.04. The number of likely N-dealkylation sites (N-methyl/N-ethyl adjacent to an activating group) is 1. The van der Waals surface area contributed by atoms with Crippen LogP contribution in [0.2, 0.25) is 0 Å². The van der Waals surface area contributed by atoms with Gasteiger partial charge in [-0.3, -0.25) is 14.5 Å². The van der Waals surface area contributed by atoms with Gasteiger partial charge in [-0.15, -0.1) is 0 Å². The van der Waals surface area contributed by atoms with Gasteiger partial charge >= 0.3 is 0 Å². The van der Waals surface area contributed by atoms with Crippen molar-refractivity contribution in [3.63, 3.8) is 0 Å². The van der Waals surface area contributed by atoms with Crippen LogP contribution in [-0.4, -0.2) is 43.5 Å². The van der Waals surface area contributed by atoms with Gasteiger partial charge in [0.15, 0.2) is 0 Å². The Balaban J connectivity index is 1.37. The Morgan fingerprint density at radius 1 is 1.03 bits per heavy atom. The van der Waals surface area contributed by atoms with E-state index in [1.165, 1.54) is 0 Å². The van der Waals surface area contributed by atoms with Crippen LogP contribution in [0.4, 0.5) is 5.69 Å². The van der Waals surface area contributed by atoms with E-state index in [1.54, 1.807) is 25.3 Å². The molecule has 1 fully saturated rings. The minimum absolute atomic E-state index is 0.139. The van der Waals surface area contributed by atoms with Gasteiger partial charge in [0.2, 0.25) is 5.91 Å². The number of nitrogens with zero attached hydrogens (tertiary/aromatic N) is 1. The van der Waals surface area contributed by atoms with Crippen LogP contribution < -0.4 is 15.4 Å². The number of carbonyl (C=O) groups excluding carboxylic acids is 2. The number of amides is 2. The van der Waals surface area contributed by atoms with Crippen molar-refractivity contribution in [1.82, 2.24) is 10.2 Å². The number of anilines is 1. The van der Waals surface area contributed by atoms with E-state index in [0.717, 1.165) is 34.9 Å². The molecule has 0 unspecified atom stereocenters. The molecule has 0 aliphatic heterocycles. The number of hydrogen-bond acceptors (Lipinski definition) is 4. The summed E-state index contributed by atoms with van der Waals surface area (Å²) in [5.74, 6) is 0.541. The molecule has 3 aromatic carbocycles. The molecule has 0 heterocycles. The average molecular weight is 418 g/mol. The van der Waals surface area contributed by atoms with E-state index in [2.05, 4.69) is 28.8 Å². The van der Waals surface area contributed by atoms with Crippen molar-refractivity contribution < 1.29 is 14.3 Å². The fraction of sp³-hybridized carbons (Fsp3) is 0.280. The molecule has 0 bridgehead atoms. The van der Waals surface area contributed by atoms with Gasteiger partial charge < -0.3 is 15.4 Å². The molecule has 6 nitrogen and oxygen atoms in total. The molecule has 2 amide bonds. The minimum Gasteiger partial charge on any atom is -0.497 e. The lowest BCUT2D eigenvalue weighted by atomic mass is 10.1. The summed E-state index contributed by atoms with van der Waals surface area (Å²) in [5, 5.41) is 8.11. The van der Waals surface area contributed by atoms with Gasteiger partial charge in [-0.1, -0.05) is 30.3 Å². The van der Waals surface area contributed by atoms with Crippen LogP contribution in [0, 0.1) is 0 Å². The number of benzene rings is 3. The average Bonchev–Trinajstić information content (AvgIpc) is 3.57. The summed E-state index contributed by atoms with van der Waals surface area (Å²) in [5.41, 5.74) is 2.16. The summed E-state index contributed by atoms with van der Waals surface area (Å²) in [6.45, 7) is 0.860. The first-order valence-electron chi connectivity index (χ1n) is 10.5. The van der Waals surface area contributed by atoms with Crippen LogP contribution in [0.3, 0.4) is 0 Å². The largest absolute Gasteiger partial charge is 0.497 e. The van der Waals surface area contributed by atoms with Crippen LogP contribution in [-0.2, 0) is 11.3 Å². The molecular formula is C25H27N3O3. The van der Waals surface area contributed by atoms with Crippen molar-refractivity contribution in [2.45, 2.75) is 25.4 Å². The highest BCUT2D eigenvalue weighted by Gasteiger charge is 2.25. The lowest BCUT2D eigenvalue weighted by Crippen LogP contribution is -2.31. The van der Waals surface area contributed by atoms with Gasteiger partial charge in [0.1, 0.15) is 5.75 Å². The molecule has 1 aliphatic rings. The lowest BCUT2D eigenvalue weighted by Gasteiger charge is -2.18. The molecule has 1 aliphatic carbocycles. The Bertz CT molecular complexity index is 1110. The van der Waals surface area contributed by atoms with Gasteiger partial charge in [0, 0.05) is 12.6 Å². The first-order chi connectivity index (χ1) is 15.0. The molecule has 0 radical (unpaired) electrons. The zero-order chi connectivity index (χ0) is 21.8. The van der Waals surface area contributed by atoms with Crippen LogP contribution in [0.25, 0.3) is 10.8 Å². The fourth-order valence-electron chi connectivity index (χ4n) is 3.58. The predicted octanol–water partition coefficient (Wildman–Crippen LogP) is 3.81. The van der Waals surface area contributed by atoms with E-state index in [9.17, 15) is 9.59 Å². The number of hydrogen-bond donors (Lipinski definition) is 2. The maximum absolute atomic E-state index is 12.6. The molecule has 2 N–H and O–H groups in total. The first kappa shape index (κ1) is 20.9. The summed E-state index contributed by atoms with van der Waals surface area (Å²) in [6.07, 6.45) is 2.04. The zero-order valence-electron chi connectivity index (χ0n) is 17.9. The van der Waals surface area contributed by atoms with Gasteiger partial charge in [-0.2, -0.15) is 0 Å². The Labute approximate surface area is 182 Å². The second kappa shape index (κ2) is 9.18. The number of ether oxygens (including phenoxy) is 1. The Kier molecular flexibility index (Phi) is 6.18. The Hall–Kier alpha value is -3.38. The molecule has 3 aromatic rings. The standard InChI is InChI=1S/C25H27N3O3/c1-28(15-17-7-8-19-14-21(31-2)12-9-18(19)13-17)16-24(29)27-23-6-4-3-5-22(23)25(30)26-20-10-11-20/h3-9,12-14,20H,10-11,15-16H2,1-2H3,(H,26,30)(H,27,29). The molecule has 160 valence electrons. The van der Waals surface area contributed by atoms with Gasteiger partial charge in [-0.25, -0.2) is 0 Å². The van der Waals surface area contributed by atoms with Crippen molar-refractivity contribution in [1.29, 1.82) is 0 Å². The molecule has 0 aromatic heterocycles. The van der Waals surface area contributed by atoms with Crippen LogP contribution >= 0.6 is 0 Å². The van der Waals surface area contributed by atoms with E-state index < -0.39 is 0 Å². The number of para-hydroxylation sites is 1. The molecule has 1 saturated carbocycles. The number of carbonyl (C=O) groups is 2. The molecule has 31 heavy (non-hydrogen) atoms. The first-order valence-corrected chi connectivity index (χ1v) is 10.5. The van der Waals surface area contributed by atoms with Crippen molar-refractivity contribution in [2.24, 2.45) is 0 Å². The van der Waals surface area contributed by atoms with E-state index in [4.69, 9.17) is 4.74 Å². The molecule has 0 atom stereocenters. The monoisotopic (exact) mass is 417 g/mol. The number of rotatable bonds is 8. The van der Waals surface area contributed by atoms with Crippen molar-refractivity contribution in [2.75, 3.05) is 26.0 Å². The maximum atomic E-state index is 12.6. The highest BCUT2D eigenvalue weighted by atomic mass is 16.5. The molecule has 0 saturated heterocycles. The topological polar surface area (TPSA) is 70.7 Å². The lowest BCUT2D eigenvalue weighted by molar-refractivity contribution is -0.117. The summed E-state index contributed by atoms with van der Waals surface area (Å²) in [7, 11) is 3.57. The summed E-state index contributed by atoms with van der Waals surface area (Å²) in [4.78, 5) is 27.0. The second-order valence-electron chi connectivity index (χ2n) is 8.06. The number of nitrogens with one attached hydrogen (secondary N) is 2. The third-order valence-electron chi connectivity index (χ3n) is 5.34. The number of fused-ring (bicyclic) bond motifs is 1. The van der Waals surface area contributed by atoms with Crippen molar-refractivity contribution in [3.8, 4) is 5.75 Å². The summed E-state index contributed by atoms with van der Waals surface area (Å²) in [6, 6.07) is 19.6. The van der Waals surface area contributed by atoms with Crippen LogP contribution in [0.5, 0.6) is 5.75 Å². The SMILES string of the molecule is COc1ccc2cc(CN(C)CC(=O)Nc3ccccc3C(=O)NC3CC3)ccc2c1. The molecule has 6 heteroatoms.